The van der Waals surface area contributed by atoms with Crippen LogP contribution >= 0.6 is 0 Å². The number of carbonyl (C=O) groups excluding carboxylic acids is 2. The lowest BCUT2D eigenvalue weighted by molar-refractivity contribution is -0.129. The van der Waals surface area contributed by atoms with E-state index in [1.807, 2.05) is 30.3 Å². The van der Waals surface area contributed by atoms with Crippen LogP contribution in [0.25, 0.3) is 0 Å². The van der Waals surface area contributed by atoms with E-state index in [9.17, 15) is 14.7 Å². The molecule has 2 aromatic rings. The van der Waals surface area contributed by atoms with E-state index >= 15 is 0 Å². The fourth-order valence-electron chi connectivity index (χ4n) is 1.81. The van der Waals surface area contributed by atoms with Crippen LogP contribution in [0.2, 0.25) is 0 Å². The normalized spacial score (nSPS) is 11.5. The Morgan fingerprint density at radius 2 is 1.73 bits per heavy atom. The van der Waals surface area contributed by atoms with Gasteiger partial charge in [-0.1, -0.05) is 30.3 Å². The lowest BCUT2D eigenvalue weighted by atomic mass is 10.2. The summed E-state index contributed by atoms with van der Waals surface area (Å²) in [6.07, 6.45) is -0.898. The zero-order chi connectivity index (χ0) is 15.9. The van der Waals surface area contributed by atoms with Gasteiger partial charge in [-0.15, -0.1) is 0 Å². The highest BCUT2D eigenvalue weighted by atomic mass is 16.5. The first-order valence-electron chi connectivity index (χ1n) is 6.88. The lowest BCUT2D eigenvalue weighted by Gasteiger charge is -2.13. The number of phenolic OH excluding ortho intramolecular Hbond substituents is 1. The Kier molecular flexibility index (Phi) is 5.14. The van der Waals surface area contributed by atoms with Crippen LogP contribution in [0, 0.1) is 0 Å². The molecule has 22 heavy (non-hydrogen) atoms. The predicted molar refractivity (Wildman–Crippen MR) is 81.3 cm³/mol. The van der Waals surface area contributed by atoms with E-state index in [0.29, 0.717) is 6.54 Å². The first kappa shape index (κ1) is 15.6. The van der Waals surface area contributed by atoms with Gasteiger partial charge in [0.05, 0.1) is 5.56 Å². The van der Waals surface area contributed by atoms with Crippen molar-refractivity contribution in [2.24, 2.45) is 0 Å². The number of hydrogen-bond acceptors (Lipinski definition) is 4. The summed E-state index contributed by atoms with van der Waals surface area (Å²) in [6, 6.07) is 15.1. The molecule has 5 nitrogen and oxygen atoms in total. The maximum Gasteiger partial charge on any atom is 0.338 e. The van der Waals surface area contributed by atoms with Crippen LogP contribution in [0.15, 0.2) is 54.6 Å². The number of ether oxygens (including phenoxy) is 1. The minimum Gasteiger partial charge on any atom is -0.508 e. The molecule has 1 amide bonds. The van der Waals surface area contributed by atoms with E-state index in [1.165, 1.54) is 31.2 Å². The molecule has 0 aliphatic carbocycles. The largest absolute Gasteiger partial charge is 0.508 e. The van der Waals surface area contributed by atoms with Crippen LogP contribution < -0.4 is 5.32 Å². The first-order valence-corrected chi connectivity index (χ1v) is 6.88. The van der Waals surface area contributed by atoms with Crippen LogP contribution in [0.5, 0.6) is 5.75 Å². The van der Waals surface area contributed by atoms with E-state index in [1.54, 1.807) is 0 Å². The Morgan fingerprint density at radius 1 is 1.09 bits per heavy atom. The summed E-state index contributed by atoms with van der Waals surface area (Å²) in [5.74, 6) is -0.913. The number of carbonyl (C=O) groups is 2. The zero-order valence-electron chi connectivity index (χ0n) is 12.2. The highest BCUT2D eigenvalue weighted by molar-refractivity contribution is 5.92. The molecular weight excluding hydrogens is 282 g/mol. The maximum atomic E-state index is 11.9. The Morgan fingerprint density at radius 3 is 2.36 bits per heavy atom. The van der Waals surface area contributed by atoms with Gasteiger partial charge in [-0.25, -0.2) is 4.79 Å². The monoisotopic (exact) mass is 299 g/mol. The SMILES string of the molecule is C[C@H](OC(=O)c1ccc(O)cc1)C(=O)NCc1ccccc1. The van der Waals surface area contributed by atoms with Gasteiger partial charge in [0.25, 0.3) is 5.91 Å². The van der Waals surface area contributed by atoms with Crippen molar-refractivity contribution >= 4 is 11.9 Å². The van der Waals surface area contributed by atoms with Gasteiger partial charge in [-0.3, -0.25) is 4.79 Å². The summed E-state index contributed by atoms with van der Waals surface area (Å²) in [5, 5.41) is 11.9. The molecule has 114 valence electrons. The van der Waals surface area contributed by atoms with Crippen LogP contribution in [0.3, 0.4) is 0 Å². The topological polar surface area (TPSA) is 75.6 Å². The van der Waals surface area contributed by atoms with Crippen molar-refractivity contribution in [3.63, 3.8) is 0 Å². The molecular formula is C17H17NO4. The summed E-state index contributed by atoms with van der Waals surface area (Å²) in [5.41, 5.74) is 1.24. The second-order valence-corrected chi connectivity index (χ2v) is 4.80. The summed E-state index contributed by atoms with van der Waals surface area (Å²) in [4.78, 5) is 23.8. The van der Waals surface area contributed by atoms with Gasteiger partial charge >= 0.3 is 5.97 Å². The van der Waals surface area contributed by atoms with Crippen LogP contribution in [0.4, 0.5) is 0 Å². The minimum absolute atomic E-state index is 0.0604. The highest BCUT2D eigenvalue weighted by Crippen LogP contribution is 2.11. The molecule has 5 heteroatoms. The summed E-state index contributed by atoms with van der Waals surface area (Å²) in [7, 11) is 0. The average Bonchev–Trinajstić information content (AvgIpc) is 2.54. The van der Waals surface area contributed by atoms with Gasteiger partial charge in [0.2, 0.25) is 0 Å². The third-order valence-electron chi connectivity index (χ3n) is 3.07. The number of amides is 1. The number of rotatable bonds is 5. The van der Waals surface area contributed by atoms with Crippen molar-refractivity contribution < 1.29 is 19.4 Å². The van der Waals surface area contributed by atoms with Gasteiger partial charge in [-0.2, -0.15) is 0 Å². The average molecular weight is 299 g/mol. The zero-order valence-corrected chi connectivity index (χ0v) is 12.2. The highest BCUT2D eigenvalue weighted by Gasteiger charge is 2.18. The predicted octanol–water partition coefficient (Wildman–Crippen LogP) is 2.25. The molecule has 2 aromatic carbocycles. The standard InChI is InChI=1S/C17H17NO4/c1-12(16(20)18-11-13-5-3-2-4-6-13)22-17(21)14-7-9-15(19)10-8-14/h2-10,12,19H,11H2,1H3,(H,18,20)/t12-/m0/s1. The lowest BCUT2D eigenvalue weighted by Crippen LogP contribution is -2.35. The molecule has 2 N–H and O–H groups in total. The van der Waals surface area contributed by atoms with Crippen LogP contribution in [-0.4, -0.2) is 23.1 Å². The molecule has 0 bridgehead atoms. The van der Waals surface area contributed by atoms with Gasteiger partial charge in [0.15, 0.2) is 6.10 Å². The Hall–Kier alpha value is -2.82. The number of esters is 1. The Labute approximate surface area is 128 Å². The number of nitrogens with one attached hydrogen (secondary N) is 1. The number of hydrogen-bond donors (Lipinski definition) is 2. The van der Waals surface area contributed by atoms with Crippen LogP contribution in [0.1, 0.15) is 22.8 Å². The molecule has 2 rings (SSSR count). The minimum atomic E-state index is -0.898. The summed E-state index contributed by atoms with van der Waals surface area (Å²) < 4.78 is 5.09. The van der Waals surface area contributed by atoms with Crippen molar-refractivity contribution in [3.05, 3.63) is 65.7 Å². The van der Waals surface area contributed by atoms with E-state index in [0.717, 1.165) is 5.56 Å². The van der Waals surface area contributed by atoms with Crippen molar-refractivity contribution in [2.45, 2.75) is 19.6 Å². The van der Waals surface area contributed by atoms with Gasteiger partial charge < -0.3 is 15.2 Å². The molecule has 0 radical (unpaired) electrons. The molecule has 0 aromatic heterocycles. The maximum absolute atomic E-state index is 11.9. The number of benzene rings is 2. The van der Waals surface area contributed by atoms with Crippen molar-refractivity contribution in [1.29, 1.82) is 0 Å². The smallest absolute Gasteiger partial charge is 0.338 e. The molecule has 0 spiro atoms. The summed E-state index contributed by atoms with van der Waals surface area (Å²) >= 11 is 0. The first-order chi connectivity index (χ1) is 10.6. The molecule has 0 saturated heterocycles. The molecule has 0 aliphatic rings. The molecule has 0 heterocycles. The summed E-state index contributed by atoms with van der Waals surface area (Å²) in [6.45, 7) is 1.89. The second kappa shape index (κ2) is 7.26. The van der Waals surface area contributed by atoms with E-state index < -0.39 is 12.1 Å². The quantitative estimate of drug-likeness (QED) is 0.830. The van der Waals surface area contributed by atoms with Crippen molar-refractivity contribution in [2.75, 3.05) is 0 Å². The number of aromatic hydroxyl groups is 1. The molecule has 0 aliphatic heterocycles. The third-order valence-corrected chi connectivity index (χ3v) is 3.07. The molecule has 0 saturated carbocycles. The van der Waals surface area contributed by atoms with Crippen LogP contribution in [-0.2, 0) is 16.1 Å². The van der Waals surface area contributed by atoms with E-state index in [2.05, 4.69) is 5.32 Å². The van der Waals surface area contributed by atoms with E-state index in [4.69, 9.17) is 4.74 Å². The number of phenols is 1. The van der Waals surface area contributed by atoms with Gasteiger partial charge in [0.1, 0.15) is 5.75 Å². The molecule has 0 fully saturated rings. The van der Waals surface area contributed by atoms with E-state index in [-0.39, 0.29) is 17.2 Å². The second-order valence-electron chi connectivity index (χ2n) is 4.80. The molecule has 1 atom stereocenters. The third kappa shape index (κ3) is 4.34. The fraction of sp³-hybridized carbons (Fsp3) is 0.176. The van der Waals surface area contributed by atoms with Gasteiger partial charge in [0, 0.05) is 6.54 Å². The van der Waals surface area contributed by atoms with Crippen molar-refractivity contribution in [1.82, 2.24) is 5.32 Å². The Bertz CT molecular complexity index is 637. The van der Waals surface area contributed by atoms with Crippen molar-refractivity contribution in [3.8, 4) is 5.75 Å². The van der Waals surface area contributed by atoms with Gasteiger partial charge in [-0.05, 0) is 36.8 Å². The Balaban J connectivity index is 1.85. The molecule has 0 unspecified atom stereocenters. The fourth-order valence-corrected chi connectivity index (χ4v) is 1.81.